The maximum atomic E-state index is 14.3. The van der Waals surface area contributed by atoms with Gasteiger partial charge in [0, 0.05) is 55.2 Å². The molecular weight excluding hydrogens is 452 g/mol. The third-order valence-electron chi connectivity index (χ3n) is 6.41. The lowest BCUT2D eigenvalue weighted by atomic mass is 10.0. The third kappa shape index (κ3) is 4.28. The predicted molar refractivity (Wildman–Crippen MR) is 130 cm³/mol. The first-order valence-electron chi connectivity index (χ1n) is 11.3. The van der Waals surface area contributed by atoms with Gasteiger partial charge in [0.1, 0.15) is 11.6 Å². The minimum Gasteiger partial charge on any atom is -0.478 e. The number of para-hydroxylation sites is 1. The molecule has 0 aliphatic carbocycles. The van der Waals surface area contributed by atoms with Gasteiger partial charge in [0.15, 0.2) is 0 Å². The molecule has 0 unspecified atom stereocenters. The summed E-state index contributed by atoms with van der Waals surface area (Å²) in [6.45, 7) is 2.23. The molecule has 2 heterocycles. The van der Waals surface area contributed by atoms with Crippen LogP contribution in [0.4, 0.5) is 14.5 Å². The largest absolute Gasteiger partial charge is 0.478 e. The summed E-state index contributed by atoms with van der Waals surface area (Å²) in [6, 6.07) is 19.3. The van der Waals surface area contributed by atoms with E-state index >= 15 is 0 Å². The van der Waals surface area contributed by atoms with Gasteiger partial charge in [-0.15, -0.1) is 0 Å². The number of rotatable bonds is 5. The number of piperazine rings is 1. The van der Waals surface area contributed by atoms with Crippen molar-refractivity contribution >= 4 is 22.4 Å². The zero-order chi connectivity index (χ0) is 24.5. The topological polar surface area (TPSA) is 65.8 Å². The van der Waals surface area contributed by atoms with E-state index in [0.29, 0.717) is 54.0 Å². The smallest absolute Gasteiger partial charge is 0.338 e. The fourth-order valence-electron chi connectivity index (χ4n) is 4.73. The number of aromatic carboxylic acids is 1. The second-order valence-corrected chi connectivity index (χ2v) is 8.51. The highest BCUT2D eigenvalue weighted by atomic mass is 19.1. The van der Waals surface area contributed by atoms with E-state index in [1.54, 1.807) is 48.5 Å². The van der Waals surface area contributed by atoms with Gasteiger partial charge >= 0.3 is 5.97 Å². The average molecular weight is 475 g/mol. The van der Waals surface area contributed by atoms with Crippen LogP contribution >= 0.6 is 0 Å². The van der Waals surface area contributed by atoms with Crippen LogP contribution in [0, 0.1) is 11.6 Å². The van der Waals surface area contributed by atoms with Crippen molar-refractivity contribution in [1.29, 1.82) is 0 Å². The fourth-order valence-corrected chi connectivity index (χ4v) is 4.73. The van der Waals surface area contributed by atoms with E-state index in [0.717, 1.165) is 6.07 Å². The minimum absolute atomic E-state index is 0.0936. The lowest BCUT2D eigenvalue weighted by Gasteiger charge is -2.36. The second kappa shape index (κ2) is 9.31. The van der Waals surface area contributed by atoms with Crippen LogP contribution in [-0.2, 0) is 6.54 Å². The Balaban J connectivity index is 1.53. The van der Waals surface area contributed by atoms with Crippen LogP contribution in [0.3, 0.4) is 0 Å². The lowest BCUT2D eigenvalue weighted by molar-refractivity contribution is 0.0695. The van der Waals surface area contributed by atoms with E-state index < -0.39 is 17.6 Å². The van der Waals surface area contributed by atoms with Crippen molar-refractivity contribution in [3.8, 4) is 5.69 Å². The quantitative estimate of drug-likeness (QED) is 0.467. The zero-order valence-corrected chi connectivity index (χ0v) is 18.8. The highest BCUT2D eigenvalue weighted by molar-refractivity contribution is 6.04. The van der Waals surface area contributed by atoms with Crippen molar-refractivity contribution in [2.45, 2.75) is 6.54 Å². The third-order valence-corrected chi connectivity index (χ3v) is 6.41. The molecule has 0 amide bonds. The molecule has 35 heavy (non-hydrogen) atoms. The lowest BCUT2D eigenvalue weighted by Crippen LogP contribution is -2.47. The van der Waals surface area contributed by atoms with Crippen LogP contribution in [0.15, 0.2) is 77.6 Å². The first kappa shape index (κ1) is 22.7. The van der Waals surface area contributed by atoms with Crippen molar-refractivity contribution < 1.29 is 18.7 Å². The van der Waals surface area contributed by atoms with Crippen LogP contribution in [0.25, 0.3) is 16.5 Å². The Bertz CT molecular complexity index is 1460. The molecule has 6 nitrogen and oxygen atoms in total. The van der Waals surface area contributed by atoms with Gasteiger partial charge in [0.25, 0.3) is 5.56 Å². The average Bonchev–Trinajstić information content (AvgIpc) is 2.85. The van der Waals surface area contributed by atoms with E-state index in [-0.39, 0.29) is 17.7 Å². The summed E-state index contributed by atoms with van der Waals surface area (Å²) in [6.07, 6.45) is 0. The monoisotopic (exact) mass is 475 g/mol. The van der Waals surface area contributed by atoms with Crippen molar-refractivity contribution in [2.75, 3.05) is 31.1 Å². The Morgan fingerprint density at radius 2 is 1.51 bits per heavy atom. The molecule has 1 saturated heterocycles. The molecule has 0 radical (unpaired) electrons. The molecule has 4 aromatic rings. The molecule has 1 N–H and O–H groups in total. The highest BCUT2D eigenvalue weighted by Gasteiger charge is 2.26. The Morgan fingerprint density at radius 1 is 0.857 bits per heavy atom. The number of anilines is 1. The normalized spacial score (nSPS) is 14.4. The number of aromatic nitrogens is 1. The van der Waals surface area contributed by atoms with Gasteiger partial charge in [-0.3, -0.25) is 14.3 Å². The van der Waals surface area contributed by atoms with Crippen LogP contribution in [0.5, 0.6) is 0 Å². The molecule has 0 spiro atoms. The van der Waals surface area contributed by atoms with Crippen molar-refractivity contribution in [2.24, 2.45) is 0 Å². The zero-order valence-electron chi connectivity index (χ0n) is 18.8. The first-order chi connectivity index (χ1) is 16.9. The molecule has 0 atom stereocenters. The van der Waals surface area contributed by atoms with Gasteiger partial charge in [0.05, 0.1) is 16.9 Å². The molecule has 1 fully saturated rings. The summed E-state index contributed by atoms with van der Waals surface area (Å²) in [5, 5.41) is 10.9. The number of carboxylic acid groups (broad SMARTS) is 1. The Labute approximate surface area is 200 Å². The summed E-state index contributed by atoms with van der Waals surface area (Å²) in [5.41, 5.74) is 1.14. The van der Waals surface area contributed by atoms with Crippen LogP contribution in [0.2, 0.25) is 0 Å². The van der Waals surface area contributed by atoms with E-state index in [9.17, 15) is 23.5 Å². The summed E-state index contributed by atoms with van der Waals surface area (Å²) in [5.74, 6) is -2.34. The van der Waals surface area contributed by atoms with Crippen LogP contribution < -0.4 is 10.5 Å². The maximum Gasteiger partial charge on any atom is 0.338 e. The number of benzene rings is 3. The van der Waals surface area contributed by atoms with Gasteiger partial charge in [-0.05, 0) is 30.3 Å². The standard InChI is InChI=1S/C27H23F2N3O3/c28-18-10-11-23(22(29)16-18)31-14-12-30(13-15-31)17-24-25(27(34)35)20-8-4-5-9-21(20)26(33)32(24)19-6-2-1-3-7-19/h1-11,16H,12-15,17H2,(H,34,35). The molecule has 178 valence electrons. The number of pyridine rings is 1. The van der Waals surface area contributed by atoms with Crippen LogP contribution in [-0.4, -0.2) is 46.7 Å². The van der Waals surface area contributed by atoms with E-state index in [1.807, 2.05) is 15.9 Å². The highest BCUT2D eigenvalue weighted by Crippen LogP contribution is 2.26. The molecule has 8 heteroatoms. The van der Waals surface area contributed by atoms with Gasteiger partial charge in [-0.25, -0.2) is 13.6 Å². The first-order valence-corrected chi connectivity index (χ1v) is 11.3. The van der Waals surface area contributed by atoms with Gasteiger partial charge < -0.3 is 10.0 Å². The summed E-state index contributed by atoms with van der Waals surface area (Å²) in [4.78, 5) is 29.9. The molecule has 1 aliphatic rings. The van der Waals surface area contributed by atoms with Crippen molar-refractivity contribution in [3.05, 3.63) is 106 Å². The summed E-state index contributed by atoms with van der Waals surface area (Å²) >= 11 is 0. The fraction of sp³-hybridized carbons (Fsp3) is 0.185. The molecule has 0 saturated carbocycles. The molecular formula is C27H23F2N3O3. The Kier molecular flexibility index (Phi) is 6.05. The number of nitrogens with zero attached hydrogens (tertiary/aromatic N) is 3. The molecule has 1 aliphatic heterocycles. The number of fused-ring (bicyclic) bond motifs is 1. The number of halogens is 2. The van der Waals surface area contributed by atoms with Crippen molar-refractivity contribution in [1.82, 2.24) is 9.47 Å². The van der Waals surface area contributed by atoms with Crippen LogP contribution in [0.1, 0.15) is 16.1 Å². The predicted octanol–water partition coefficient (Wildman–Crippen LogP) is 4.29. The summed E-state index contributed by atoms with van der Waals surface area (Å²) in [7, 11) is 0. The number of carbonyl (C=O) groups is 1. The second-order valence-electron chi connectivity index (χ2n) is 8.51. The SMILES string of the molecule is O=C(O)c1c(CN2CCN(c3ccc(F)cc3F)CC2)n(-c2ccccc2)c(=O)c2ccccc12. The molecule has 3 aromatic carbocycles. The Morgan fingerprint density at radius 3 is 2.17 bits per heavy atom. The molecule has 0 bridgehead atoms. The van der Waals surface area contributed by atoms with E-state index in [1.165, 1.54) is 16.7 Å². The number of hydrogen-bond donors (Lipinski definition) is 1. The van der Waals surface area contributed by atoms with Crippen molar-refractivity contribution in [3.63, 3.8) is 0 Å². The number of hydrogen-bond acceptors (Lipinski definition) is 4. The maximum absolute atomic E-state index is 14.3. The molecule has 1 aromatic heterocycles. The van der Waals surface area contributed by atoms with Gasteiger partial charge in [-0.2, -0.15) is 0 Å². The van der Waals surface area contributed by atoms with Gasteiger partial charge in [0.2, 0.25) is 0 Å². The van der Waals surface area contributed by atoms with Gasteiger partial charge in [-0.1, -0.05) is 36.4 Å². The van der Waals surface area contributed by atoms with E-state index in [4.69, 9.17) is 0 Å². The molecule has 5 rings (SSSR count). The summed E-state index contributed by atoms with van der Waals surface area (Å²) < 4.78 is 29.0. The Hall–Kier alpha value is -4.04. The minimum atomic E-state index is -1.10. The van der Waals surface area contributed by atoms with E-state index in [2.05, 4.69) is 0 Å². The number of carboxylic acids is 1.